The van der Waals surface area contributed by atoms with Gasteiger partial charge in [0.1, 0.15) is 11.6 Å². The van der Waals surface area contributed by atoms with Gasteiger partial charge in [-0.25, -0.2) is 8.78 Å². The Hall–Kier alpha value is -2.51. The molecule has 2 heterocycles. The van der Waals surface area contributed by atoms with Crippen LogP contribution in [0.4, 0.5) is 8.78 Å². The van der Waals surface area contributed by atoms with Gasteiger partial charge >= 0.3 is 5.97 Å². The molecule has 2 aromatic rings. The monoisotopic (exact) mass is 560 g/mol. The van der Waals surface area contributed by atoms with E-state index in [1.54, 1.807) is 0 Å². The molecule has 0 spiro atoms. The van der Waals surface area contributed by atoms with E-state index >= 15 is 0 Å². The lowest BCUT2D eigenvalue weighted by Gasteiger charge is -2.37. The first-order valence-electron chi connectivity index (χ1n) is 13.6. The van der Waals surface area contributed by atoms with E-state index in [2.05, 4.69) is 25.7 Å². The van der Waals surface area contributed by atoms with Crippen molar-refractivity contribution in [1.29, 1.82) is 0 Å². The van der Waals surface area contributed by atoms with Gasteiger partial charge in [-0.15, -0.1) is 0 Å². The number of hydrogen-bond donors (Lipinski definition) is 0. The third kappa shape index (κ3) is 5.99. The zero-order valence-corrected chi connectivity index (χ0v) is 24.4. The number of esters is 1. The average Bonchev–Trinajstić information content (AvgIpc) is 3.33. The lowest BCUT2D eigenvalue weighted by Crippen LogP contribution is -2.44. The first kappa shape index (κ1) is 29.5. The molecule has 2 aromatic carbocycles. The number of carbonyl (C=O) groups is 2. The predicted octanol–water partition coefficient (Wildman–Crippen LogP) is 6.29. The number of likely N-dealkylation sites (tertiary alicyclic amines) is 2. The second-order valence-electron chi connectivity index (χ2n) is 12.4. The van der Waals surface area contributed by atoms with E-state index in [0.717, 1.165) is 30.0 Å². The quantitative estimate of drug-likeness (QED) is 0.403. The predicted molar refractivity (Wildman–Crippen MR) is 149 cm³/mol. The standard InChI is InChI=1S/C31H39ClF2N2O3/c1-30(2,3)36-17-24(23-10-8-21(33)16-27(23)34)25(18-36)28(37)35-13-11-19(12-14-35)22-9-7-20(32)15-26(22)31(4,5)29(38)39-6/h7-10,15-16,19,24-25H,11-14,17-18H2,1-6H3/t24-,25?/m0/s1. The van der Waals surface area contributed by atoms with Crippen LogP contribution in [0.5, 0.6) is 0 Å². The SMILES string of the molecule is COC(=O)C(C)(C)c1cc(Cl)ccc1C1CCN(C(=O)C2CN(C(C)(C)C)C[C@H]2c2ccc(F)cc2F)CC1. The summed E-state index contributed by atoms with van der Waals surface area (Å²) in [5.74, 6) is -2.14. The van der Waals surface area contributed by atoms with Gasteiger partial charge in [0.2, 0.25) is 5.91 Å². The molecule has 0 bridgehead atoms. The molecule has 4 rings (SSSR count). The highest BCUT2D eigenvalue weighted by Crippen LogP contribution is 2.41. The summed E-state index contributed by atoms with van der Waals surface area (Å²) in [5.41, 5.74) is 1.23. The molecule has 2 saturated heterocycles. The molecule has 1 unspecified atom stereocenters. The van der Waals surface area contributed by atoms with Gasteiger partial charge in [-0.1, -0.05) is 23.7 Å². The fourth-order valence-corrected chi connectivity index (χ4v) is 6.33. The minimum atomic E-state index is -0.866. The van der Waals surface area contributed by atoms with Crippen molar-refractivity contribution in [3.05, 3.63) is 69.7 Å². The number of methoxy groups -OCH3 is 1. The number of ether oxygens (including phenoxy) is 1. The summed E-state index contributed by atoms with van der Waals surface area (Å²) in [4.78, 5) is 30.6. The maximum Gasteiger partial charge on any atom is 0.315 e. The van der Waals surface area contributed by atoms with Gasteiger partial charge in [0, 0.05) is 48.7 Å². The van der Waals surface area contributed by atoms with E-state index in [1.165, 1.54) is 19.2 Å². The lowest BCUT2D eigenvalue weighted by atomic mass is 9.76. The number of piperidine rings is 1. The molecule has 0 N–H and O–H groups in total. The maximum absolute atomic E-state index is 14.9. The minimum Gasteiger partial charge on any atom is -0.468 e. The molecule has 0 radical (unpaired) electrons. The minimum absolute atomic E-state index is 0.0140. The van der Waals surface area contributed by atoms with Crippen LogP contribution in [0.25, 0.3) is 0 Å². The molecule has 1 amide bonds. The van der Waals surface area contributed by atoms with Gasteiger partial charge in [-0.3, -0.25) is 14.5 Å². The largest absolute Gasteiger partial charge is 0.468 e. The van der Waals surface area contributed by atoms with Crippen LogP contribution < -0.4 is 0 Å². The summed E-state index contributed by atoms with van der Waals surface area (Å²) >= 11 is 6.32. The van der Waals surface area contributed by atoms with Crippen LogP contribution in [0.2, 0.25) is 5.02 Å². The van der Waals surface area contributed by atoms with E-state index in [0.29, 0.717) is 36.8 Å². The Bertz CT molecular complexity index is 1230. The molecule has 5 nitrogen and oxygen atoms in total. The van der Waals surface area contributed by atoms with Crippen molar-refractivity contribution in [2.24, 2.45) is 5.92 Å². The van der Waals surface area contributed by atoms with Crippen LogP contribution in [0.3, 0.4) is 0 Å². The van der Waals surface area contributed by atoms with Crippen LogP contribution in [0.1, 0.15) is 76.0 Å². The normalized spacial score (nSPS) is 21.3. The van der Waals surface area contributed by atoms with E-state index < -0.39 is 23.0 Å². The van der Waals surface area contributed by atoms with E-state index in [9.17, 15) is 18.4 Å². The van der Waals surface area contributed by atoms with E-state index in [1.807, 2.05) is 36.9 Å². The molecular weight excluding hydrogens is 522 g/mol. The maximum atomic E-state index is 14.9. The number of carbonyl (C=O) groups excluding carboxylic acids is 2. The lowest BCUT2D eigenvalue weighted by molar-refractivity contribution is -0.146. The van der Waals surface area contributed by atoms with Crippen molar-refractivity contribution < 1.29 is 23.1 Å². The van der Waals surface area contributed by atoms with Crippen molar-refractivity contribution in [1.82, 2.24) is 9.80 Å². The van der Waals surface area contributed by atoms with E-state index in [4.69, 9.17) is 16.3 Å². The summed E-state index contributed by atoms with van der Waals surface area (Å²) in [6, 6.07) is 9.32. The topological polar surface area (TPSA) is 49.9 Å². The van der Waals surface area contributed by atoms with Crippen molar-refractivity contribution in [2.45, 2.75) is 70.3 Å². The van der Waals surface area contributed by atoms with Gasteiger partial charge < -0.3 is 9.64 Å². The third-order valence-corrected chi connectivity index (χ3v) is 8.81. The highest BCUT2D eigenvalue weighted by Gasteiger charge is 2.45. The summed E-state index contributed by atoms with van der Waals surface area (Å²) in [6.45, 7) is 12.1. The Morgan fingerprint density at radius 3 is 2.18 bits per heavy atom. The molecule has 39 heavy (non-hydrogen) atoms. The Balaban J connectivity index is 1.54. The third-order valence-electron chi connectivity index (χ3n) is 8.58. The Labute approximate surface area is 235 Å². The molecular formula is C31H39ClF2N2O3. The molecule has 0 saturated carbocycles. The summed E-state index contributed by atoms with van der Waals surface area (Å²) in [7, 11) is 1.38. The molecule has 8 heteroatoms. The summed E-state index contributed by atoms with van der Waals surface area (Å²) < 4.78 is 33.6. The molecule has 0 aromatic heterocycles. The van der Waals surface area contributed by atoms with Crippen molar-refractivity contribution in [3.63, 3.8) is 0 Å². The van der Waals surface area contributed by atoms with Crippen LogP contribution in [0, 0.1) is 17.6 Å². The average molecular weight is 561 g/mol. The molecule has 2 aliphatic heterocycles. The second kappa shape index (κ2) is 11.2. The highest BCUT2D eigenvalue weighted by atomic mass is 35.5. The molecule has 0 aliphatic carbocycles. The molecule has 2 fully saturated rings. The van der Waals surface area contributed by atoms with Gasteiger partial charge in [0.05, 0.1) is 18.4 Å². The number of hydrogen-bond acceptors (Lipinski definition) is 4. The zero-order chi connectivity index (χ0) is 28.7. The van der Waals surface area contributed by atoms with Crippen LogP contribution in [-0.2, 0) is 19.7 Å². The van der Waals surface area contributed by atoms with Crippen molar-refractivity contribution in [2.75, 3.05) is 33.3 Å². The molecule has 212 valence electrons. The number of nitrogens with zero attached hydrogens (tertiary/aromatic N) is 2. The summed E-state index contributed by atoms with van der Waals surface area (Å²) in [5, 5.41) is 0.557. The number of amides is 1. The van der Waals surface area contributed by atoms with E-state index in [-0.39, 0.29) is 29.3 Å². The Morgan fingerprint density at radius 1 is 0.949 bits per heavy atom. The molecule has 2 atom stereocenters. The first-order valence-corrected chi connectivity index (χ1v) is 14.0. The van der Waals surface area contributed by atoms with Crippen LogP contribution in [0.15, 0.2) is 36.4 Å². The van der Waals surface area contributed by atoms with Gasteiger partial charge in [-0.2, -0.15) is 0 Å². The van der Waals surface area contributed by atoms with Gasteiger partial charge in [-0.05, 0) is 88.3 Å². The fourth-order valence-electron chi connectivity index (χ4n) is 6.16. The Morgan fingerprint density at radius 2 is 1.59 bits per heavy atom. The number of halogens is 3. The smallest absolute Gasteiger partial charge is 0.315 e. The van der Waals surface area contributed by atoms with Crippen molar-refractivity contribution in [3.8, 4) is 0 Å². The van der Waals surface area contributed by atoms with Crippen LogP contribution in [-0.4, -0.2) is 60.5 Å². The fraction of sp³-hybridized carbons (Fsp3) is 0.548. The van der Waals surface area contributed by atoms with Gasteiger partial charge in [0.25, 0.3) is 0 Å². The zero-order valence-electron chi connectivity index (χ0n) is 23.7. The second-order valence-corrected chi connectivity index (χ2v) is 12.8. The Kier molecular flexibility index (Phi) is 8.44. The molecule has 2 aliphatic rings. The van der Waals surface area contributed by atoms with Gasteiger partial charge in [0.15, 0.2) is 0 Å². The summed E-state index contributed by atoms with van der Waals surface area (Å²) in [6.07, 6.45) is 1.48. The van der Waals surface area contributed by atoms with Crippen molar-refractivity contribution >= 4 is 23.5 Å². The number of benzene rings is 2. The number of rotatable bonds is 5. The highest BCUT2D eigenvalue weighted by molar-refractivity contribution is 6.30. The van der Waals surface area contributed by atoms with Crippen LogP contribution >= 0.6 is 11.6 Å². The first-order chi connectivity index (χ1) is 18.2.